The van der Waals surface area contributed by atoms with Crippen molar-refractivity contribution in [3.63, 3.8) is 0 Å². The van der Waals surface area contributed by atoms with Gasteiger partial charge in [0.25, 0.3) is 11.8 Å². The van der Waals surface area contributed by atoms with Crippen LogP contribution >= 0.6 is 0 Å². The Balaban J connectivity index is 1.50. The van der Waals surface area contributed by atoms with Crippen molar-refractivity contribution < 1.29 is 37.7 Å². The molecule has 0 N–H and O–H groups in total. The van der Waals surface area contributed by atoms with Gasteiger partial charge in [-0.2, -0.15) is 0 Å². The van der Waals surface area contributed by atoms with Gasteiger partial charge in [-0.25, -0.2) is 4.39 Å². The largest absolute Gasteiger partial charge is 0.463 e. The van der Waals surface area contributed by atoms with Crippen LogP contribution in [0.1, 0.15) is 38.8 Å². The number of amides is 2. The van der Waals surface area contributed by atoms with Crippen molar-refractivity contribution in [3.8, 4) is 0 Å². The van der Waals surface area contributed by atoms with Crippen molar-refractivity contribution in [2.24, 2.45) is 0 Å². The quantitative estimate of drug-likeness (QED) is 0.302. The van der Waals surface area contributed by atoms with Gasteiger partial charge in [0, 0.05) is 6.92 Å². The fourth-order valence-electron chi connectivity index (χ4n) is 4.89. The van der Waals surface area contributed by atoms with Crippen molar-refractivity contribution >= 4 is 17.8 Å². The highest BCUT2D eigenvalue weighted by Crippen LogP contribution is 2.36. The van der Waals surface area contributed by atoms with Crippen molar-refractivity contribution in [3.05, 3.63) is 107 Å². The van der Waals surface area contributed by atoms with E-state index in [9.17, 15) is 14.4 Å². The second-order valence-electron chi connectivity index (χ2n) is 9.37. The molecule has 9 heteroatoms. The topological polar surface area (TPSA) is 91.4 Å². The minimum Gasteiger partial charge on any atom is -0.463 e. The number of hydrogen-bond acceptors (Lipinski definition) is 7. The van der Waals surface area contributed by atoms with Crippen LogP contribution < -0.4 is 0 Å². The molecule has 8 nitrogen and oxygen atoms in total. The monoisotopic (exact) mass is 533 g/mol. The molecule has 0 spiro atoms. The zero-order chi connectivity index (χ0) is 27.4. The summed E-state index contributed by atoms with van der Waals surface area (Å²) in [6.07, 6.45) is -5.31. The standard InChI is InChI=1S/C30H28FNO7/c1-19(33)36-18-24-26(37-16-20-10-4-2-5-11-20)27(38-17-21-12-6-3-7-13-21)25(28(31)39-24)32-29(34)22-14-8-9-15-23(22)30(32)35/h2-15,24-28H,16-18H2,1H3/t24-,25+,26-,27-,28+/m1/s1. The highest BCUT2D eigenvalue weighted by atomic mass is 19.1. The van der Waals surface area contributed by atoms with Crippen molar-refractivity contribution in [1.29, 1.82) is 0 Å². The molecule has 3 aromatic carbocycles. The lowest BCUT2D eigenvalue weighted by molar-refractivity contribution is -0.265. The van der Waals surface area contributed by atoms with Gasteiger partial charge >= 0.3 is 5.97 Å². The van der Waals surface area contributed by atoms with Crippen LogP contribution in [0.2, 0.25) is 0 Å². The average Bonchev–Trinajstić information content (AvgIpc) is 3.20. The number of carbonyl (C=O) groups is 3. The highest BCUT2D eigenvalue weighted by molar-refractivity contribution is 6.21. The van der Waals surface area contributed by atoms with Crippen LogP contribution in [-0.2, 0) is 37.0 Å². The van der Waals surface area contributed by atoms with Crippen LogP contribution in [0.3, 0.4) is 0 Å². The molecule has 2 aliphatic heterocycles. The number of ether oxygens (including phenoxy) is 4. The van der Waals surface area contributed by atoms with Gasteiger partial charge in [0.1, 0.15) is 31.0 Å². The SMILES string of the molecule is CC(=O)OC[C@H]1O[C@H](F)[C@@H](N2C(=O)c3ccccc3C2=O)[C@@H](OCc2ccccc2)[C@@H]1OCc1ccccc1. The molecule has 0 aliphatic carbocycles. The van der Waals surface area contributed by atoms with E-state index in [-0.39, 0.29) is 30.9 Å². The fraction of sp³-hybridized carbons (Fsp3) is 0.300. The lowest BCUT2D eigenvalue weighted by Crippen LogP contribution is -2.65. The van der Waals surface area contributed by atoms with Gasteiger partial charge in [0.05, 0.1) is 24.3 Å². The maximum atomic E-state index is 15.9. The summed E-state index contributed by atoms with van der Waals surface area (Å²) in [5.41, 5.74) is 2.00. The van der Waals surface area contributed by atoms with Crippen LogP contribution in [0.25, 0.3) is 0 Å². The average molecular weight is 534 g/mol. The van der Waals surface area contributed by atoms with Crippen LogP contribution in [0.4, 0.5) is 4.39 Å². The molecule has 1 saturated heterocycles. The number of carbonyl (C=O) groups excluding carboxylic acids is 3. The molecule has 0 aromatic heterocycles. The molecule has 2 heterocycles. The Morgan fingerprint density at radius 1 is 0.795 bits per heavy atom. The summed E-state index contributed by atoms with van der Waals surface area (Å²) in [4.78, 5) is 39.2. The number of nitrogens with zero attached hydrogens (tertiary/aromatic N) is 1. The lowest BCUT2D eigenvalue weighted by atomic mass is 9.95. The molecule has 39 heavy (non-hydrogen) atoms. The van der Waals surface area contributed by atoms with E-state index in [1.807, 2.05) is 60.7 Å². The van der Waals surface area contributed by atoms with Crippen molar-refractivity contribution in [2.45, 2.75) is 50.8 Å². The maximum absolute atomic E-state index is 15.9. The first-order chi connectivity index (χ1) is 18.9. The summed E-state index contributed by atoms with van der Waals surface area (Å²) in [7, 11) is 0. The number of imide groups is 1. The van der Waals surface area contributed by atoms with Gasteiger partial charge in [0.15, 0.2) is 0 Å². The van der Waals surface area contributed by atoms with E-state index in [2.05, 4.69) is 0 Å². The van der Waals surface area contributed by atoms with Crippen LogP contribution in [0.5, 0.6) is 0 Å². The minimum absolute atomic E-state index is 0.0589. The Morgan fingerprint density at radius 2 is 1.28 bits per heavy atom. The van der Waals surface area contributed by atoms with E-state index in [1.54, 1.807) is 12.1 Å². The predicted molar refractivity (Wildman–Crippen MR) is 137 cm³/mol. The maximum Gasteiger partial charge on any atom is 0.302 e. The molecule has 0 saturated carbocycles. The number of fused-ring (bicyclic) bond motifs is 1. The fourth-order valence-corrected chi connectivity index (χ4v) is 4.89. The van der Waals surface area contributed by atoms with Gasteiger partial charge < -0.3 is 18.9 Å². The van der Waals surface area contributed by atoms with Crippen molar-refractivity contribution in [2.75, 3.05) is 6.61 Å². The molecule has 0 radical (unpaired) electrons. The second-order valence-corrected chi connectivity index (χ2v) is 9.37. The smallest absolute Gasteiger partial charge is 0.302 e. The van der Waals surface area contributed by atoms with E-state index >= 15 is 4.39 Å². The van der Waals surface area contributed by atoms with E-state index in [1.165, 1.54) is 19.1 Å². The number of hydrogen-bond donors (Lipinski definition) is 0. The molecule has 0 bridgehead atoms. The summed E-state index contributed by atoms with van der Waals surface area (Å²) in [5.74, 6) is -1.85. The second kappa shape index (κ2) is 11.9. The first-order valence-corrected chi connectivity index (χ1v) is 12.6. The lowest BCUT2D eigenvalue weighted by Gasteiger charge is -2.46. The normalized spacial score (nSPS) is 24.5. The zero-order valence-electron chi connectivity index (χ0n) is 21.3. The summed E-state index contributed by atoms with van der Waals surface area (Å²) in [5, 5.41) is 0. The Bertz CT molecular complexity index is 1280. The number of benzene rings is 3. The van der Waals surface area contributed by atoms with Crippen molar-refractivity contribution in [1.82, 2.24) is 4.90 Å². The van der Waals surface area contributed by atoms with Gasteiger partial charge in [-0.1, -0.05) is 72.8 Å². The molecule has 3 aromatic rings. The molecule has 1 fully saturated rings. The third-order valence-corrected chi connectivity index (χ3v) is 6.75. The van der Waals surface area contributed by atoms with Gasteiger partial charge in [-0.15, -0.1) is 0 Å². The van der Waals surface area contributed by atoms with Crippen LogP contribution in [0, 0.1) is 0 Å². The first-order valence-electron chi connectivity index (χ1n) is 12.6. The molecule has 0 unspecified atom stereocenters. The molecule has 2 aliphatic rings. The van der Waals surface area contributed by atoms with Gasteiger partial charge in [0.2, 0.25) is 6.36 Å². The molecule has 202 valence electrons. The third kappa shape index (κ3) is 5.75. The van der Waals surface area contributed by atoms with E-state index < -0.39 is 48.5 Å². The molecule has 5 rings (SSSR count). The summed E-state index contributed by atoms with van der Waals surface area (Å²) in [6, 6.07) is 23.4. The molecular formula is C30H28FNO7. The number of halogens is 1. The molecule has 2 amide bonds. The van der Waals surface area contributed by atoms with E-state index in [0.29, 0.717) is 0 Å². The number of esters is 1. The zero-order valence-corrected chi connectivity index (χ0v) is 21.3. The highest BCUT2D eigenvalue weighted by Gasteiger charge is 2.55. The van der Waals surface area contributed by atoms with E-state index in [0.717, 1.165) is 16.0 Å². The summed E-state index contributed by atoms with van der Waals surface area (Å²) < 4.78 is 39.2. The van der Waals surface area contributed by atoms with Gasteiger partial charge in [-0.05, 0) is 23.3 Å². The molecular weight excluding hydrogens is 505 g/mol. The van der Waals surface area contributed by atoms with Crippen LogP contribution in [0.15, 0.2) is 84.9 Å². The Labute approximate surface area is 225 Å². The minimum atomic E-state index is -2.12. The summed E-state index contributed by atoms with van der Waals surface area (Å²) >= 11 is 0. The van der Waals surface area contributed by atoms with Gasteiger partial charge in [-0.3, -0.25) is 19.3 Å². The van der Waals surface area contributed by atoms with E-state index in [4.69, 9.17) is 18.9 Å². The Kier molecular flexibility index (Phi) is 8.11. The Hall–Kier alpha value is -3.92. The number of rotatable bonds is 9. The molecule has 5 atom stereocenters. The Morgan fingerprint density at radius 3 is 1.79 bits per heavy atom. The predicted octanol–water partition coefficient (Wildman–Crippen LogP) is 4.08. The third-order valence-electron chi connectivity index (χ3n) is 6.75. The summed E-state index contributed by atoms with van der Waals surface area (Å²) in [6.45, 7) is 1.11. The first kappa shape index (κ1) is 26.7. The number of alkyl halides is 1. The van der Waals surface area contributed by atoms with Crippen LogP contribution in [-0.4, -0.2) is 60.0 Å².